The van der Waals surface area contributed by atoms with Gasteiger partial charge in [0, 0.05) is 49.7 Å². The Morgan fingerprint density at radius 3 is 2.77 bits per heavy atom. The Labute approximate surface area is 130 Å². The van der Waals surface area contributed by atoms with E-state index in [0.717, 1.165) is 43.4 Å². The summed E-state index contributed by atoms with van der Waals surface area (Å²) in [5, 5.41) is 6.54. The van der Waals surface area contributed by atoms with Crippen LogP contribution in [0.4, 0.5) is 11.8 Å². The van der Waals surface area contributed by atoms with Crippen molar-refractivity contribution < 1.29 is 0 Å². The molecule has 2 aromatic heterocycles. The summed E-state index contributed by atoms with van der Waals surface area (Å²) >= 11 is 0. The second-order valence-electron chi connectivity index (χ2n) is 6.18. The summed E-state index contributed by atoms with van der Waals surface area (Å²) in [6, 6.07) is 4.71. The van der Waals surface area contributed by atoms with Gasteiger partial charge < -0.3 is 10.6 Å². The molecule has 1 fully saturated rings. The quantitative estimate of drug-likeness (QED) is 0.895. The summed E-state index contributed by atoms with van der Waals surface area (Å²) in [5.41, 5.74) is 4.55. The summed E-state index contributed by atoms with van der Waals surface area (Å²) in [6.07, 6.45) is 1.94. The molecule has 4 heterocycles. The van der Waals surface area contributed by atoms with Crippen molar-refractivity contribution in [1.82, 2.24) is 25.2 Å². The highest BCUT2D eigenvalue weighted by Crippen LogP contribution is 2.25. The summed E-state index contributed by atoms with van der Waals surface area (Å²) < 4.78 is 0. The Balaban J connectivity index is 1.52. The van der Waals surface area contributed by atoms with Crippen LogP contribution < -0.4 is 10.6 Å². The lowest BCUT2D eigenvalue weighted by atomic mass is 10.1. The molecule has 0 spiro atoms. The number of nitrogens with one attached hydrogen (secondary N) is 2. The molecule has 1 saturated heterocycles. The van der Waals surface area contributed by atoms with Crippen LogP contribution >= 0.6 is 0 Å². The van der Waals surface area contributed by atoms with E-state index in [1.807, 2.05) is 19.2 Å². The molecule has 2 N–H and O–H groups in total. The number of hydrogen-bond donors (Lipinski definition) is 2. The Bertz CT molecular complexity index is 690. The van der Waals surface area contributed by atoms with E-state index in [-0.39, 0.29) is 0 Å². The molecule has 0 aliphatic carbocycles. The molecule has 0 amide bonds. The van der Waals surface area contributed by atoms with E-state index < -0.39 is 0 Å². The third-order valence-electron chi connectivity index (χ3n) is 4.29. The first-order valence-electron chi connectivity index (χ1n) is 7.69. The smallest absolute Gasteiger partial charge is 0.228 e. The first-order chi connectivity index (χ1) is 10.7. The van der Waals surface area contributed by atoms with E-state index in [4.69, 9.17) is 0 Å². The van der Waals surface area contributed by atoms with Gasteiger partial charge in [-0.3, -0.25) is 4.90 Å². The van der Waals surface area contributed by atoms with E-state index in [0.29, 0.717) is 12.0 Å². The third kappa shape index (κ3) is 2.55. The standard InChI is InChI=1S/C16H20N6/c1-10-3-11(2)19-15(4-10)21-16-18-5-12-8-22(9-14(12)20-16)13-6-17-7-13/h3-5,13,17H,6-9H2,1-2H3,(H,18,19,20,21). The molecule has 2 aliphatic heterocycles. The largest absolute Gasteiger partial charge is 0.314 e. The zero-order valence-electron chi connectivity index (χ0n) is 12.9. The molecule has 2 aromatic rings. The number of fused-ring (bicyclic) bond motifs is 1. The van der Waals surface area contributed by atoms with E-state index >= 15 is 0 Å². The van der Waals surface area contributed by atoms with Gasteiger partial charge in [-0.1, -0.05) is 0 Å². The number of hydrogen-bond acceptors (Lipinski definition) is 6. The molecule has 4 rings (SSSR count). The van der Waals surface area contributed by atoms with Crippen molar-refractivity contribution in [3.63, 3.8) is 0 Å². The maximum absolute atomic E-state index is 4.67. The van der Waals surface area contributed by atoms with Crippen molar-refractivity contribution in [2.24, 2.45) is 0 Å². The average Bonchev–Trinajstić information content (AvgIpc) is 2.77. The normalized spacial score (nSPS) is 18.1. The average molecular weight is 296 g/mol. The van der Waals surface area contributed by atoms with Gasteiger partial charge in [0.1, 0.15) is 5.82 Å². The van der Waals surface area contributed by atoms with Gasteiger partial charge in [-0.15, -0.1) is 0 Å². The minimum atomic E-state index is 0.629. The van der Waals surface area contributed by atoms with Crippen molar-refractivity contribution >= 4 is 11.8 Å². The number of aryl methyl sites for hydroxylation is 2. The van der Waals surface area contributed by atoms with E-state index in [1.165, 1.54) is 11.1 Å². The van der Waals surface area contributed by atoms with E-state index in [2.05, 4.69) is 43.5 Å². The molecule has 6 heteroatoms. The molecule has 0 bridgehead atoms. The van der Waals surface area contributed by atoms with Gasteiger partial charge in [0.15, 0.2) is 0 Å². The zero-order chi connectivity index (χ0) is 15.1. The fourth-order valence-corrected chi connectivity index (χ4v) is 3.05. The fourth-order valence-electron chi connectivity index (χ4n) is 3.05. The first-order valence-corrected chi connectivity index (χ1v) is 7.69. The van der Waals surface area contributed by atoms with Crippen LogP contribution in [0.3, 0.4) is 0 Å². The molecule has 0 saturated carbocycles. The maximum atomic E-state index is 4.67. The van der Waals surface area contributed by atoms with E-state index in [1.54, 1.807) is 0 Å². The van der Waals surface area contributed by atoms with Gasteiger partial charge in [0.2, 0.25) is 5.95 Å². The van der Waals surface area contributed by atoms with E-state index in [9.17, 15) is 0 Å². The van der Waals surface area contributed by atoms with Crippen molar-refractivity contribution in [3.05, 3.63) is 40.8 Å². The monoisotopic (exact) mass is 296 g/mol. The van der Waals surface area contributed by atoms with Crippen LogP contribution in [-0.4, -0.2) is 39.0 Å². The molecule has 0 atom stereocenters. The molecular formula is C16H20N6. The summed E-state index contributed by atoms with van der Waals surface area (Å²) in [6.45, 7) is 8.10. The number of rotatable bonds is 3. The van der Waals surface area contributed by atoms with Crippen LogP contribution in [0.1, 0.15) is 22.5 Å². The van der Waals surface area contributed by atoms with Gasteiger partial charge in [-0.25, -0.2) is 15.0 Å². The van der Waals surface area contributed by atoms with Crippen LogP contribution in [0.5, 0.6) is 0 Å². The Kier molecular flexibility index (Phi) is 3.28. The SMILES string of the molecule is Cc1cc(C)nc(Nc2ncc3c(n2)CN(C2CNC2)C3)c1. The molecule has 0 unspecified atom stereocenters. The Hall–Kier alpha value is -2.05. The predicted molar refractivity (Wildman–Crippen MR) is 84.9 cm³/mol. The minimum absolute atomic E-state index is 0.629. The fraction of sp³-hybridized carbons (Fsp3) is 0.438. The second kappa shape index (κ2) is 5.30. The van der Waals surface area contributed by atoms with Gasteiger partial charge in [-0.2, -0.15) is 0 Å². The molecule has 2 aliphatic rings. The number of pyridine rings is 1. The van der Waals surface area contributed by atoms with Crippen molar-refractivity contribution in [2.45, 2.75) is 33.0 Å². The molecule has 114 valence electrons. The molecular weight excluding hydrogens is 276 g/mol. The van der Waals surface area contributed by atoms with Crippen LogP contribution in [0.25, 0.3) is 0 Å². The molecule has 0 radical (unpaired) electrons. The summed E-state index contributed by atoms with van der Waals surface area (Å²) in [7, 11) is 0. The second-order valence-corrected chi connectivity index (χ2v) is 6.18. The van der Waals surface area contributed by atoms with Crippen LogP contribution in [0.2, 0.25) is 0 Å². The van der Waals surface area contributed by atoms with Crippen LogP contribution in [0.15, 0.2) is 18.3 Å². The first kappa shape index (κ1) is 13.6. The topological polar surface area (TPSA) is 66.0 Å². The van der Waals surface area contributed by atoms with Crippen LogP contribution in [-0.2, 0) is 13.1 Å². The number of anilines is 2. The van der Waals surface area contributed by atoms with Crippen molar-refractivity contribution in [1.29, 1.82) is 0 Å². The maximum Gasteiger partial charge on any atom is 0.228 e. The van der Waals surface area contributed by atoms with Crippen molar-refractivity contribution in [3.8, 4) is 0 Å². The van der Waals surface area contributed by atoms with Gasteiger partial charge in [0.25, 0.3) is 0 Å². The highest BCUT2D eigenvalue weighted by Gasteiger charge is 2.30. The lowest BCUT2D eigenvalue weighted by molar-refractivity contribution is 0.145. The summed E-state index contributed by atoms with van der Waals surface area (Å²) in [5.74, 6) is 1.43. The van der Waals surface area contributed by atoms with Gasteiger partial charge in [0.05, 0.1) is 5.69 Å². The molecule has 22 heavy (non-hydrogen) atoms. The Morgan fingerprint density at radius 2 is 2.05 bits per heavy atom. The molecule has 0 aromatic carbocycles. The zero-order valence-corrected chi connectivity index (χ0v) is 12.9. The molecule has 6 nitrogen and oxygen atoms in total. The Morgan fingerprint density at radius 1 is 1.18 bits per heavy atom. The lowest BCUT2D eigenvalue weighted by Gasteiger charge is -2.35. The highest BCUT2D eigenvalue weighted by atomic mass is 15.3. The van der Waals surface area contributed by atoms with Crippen LogP contribution in [0, 0.1) is 13.8 Å². The van der Waals surface area contributed by atoms with Gasteiger partial charge in [-0.05, 0) is 31.5 Å². The van der Waals surface area contributed by atoms with Crippen molar-refractivity contribution in [2.75, 3.05) is 18.4 Å². The number of nitrogens with zero attached hydrogens (tertiary/aromatic N) is 4. The highest BCUT2D eigenvalue weighted by molar-refractivity contribution is 5.50. The summed E-state index contributed by atoms with van der Waals surface area (Å²) in [4.78, 5) is 16.1. The lowest BCUT2D eigenvalue weighted by Crippen LogP contribution is -2.55. The minimum Gasteiger partial charge on any atom is -0.314 e. The third-order valence-corrected chi connectivity index (χ3v) is 4.29. The van der Waals surface area contributed by atoms with Gasteiger partial charge >= 0.3 is 0 Å². The predicted octanol–water partition coefficient (Wildman–Crippen LogP) is 1.52. The number of aromatic nitrogens is 3.